The SMILES string of the molecule is CCCCCCCCCCCC1=C(OC)C(=O)c2ccccc2C1=O. The summed E-state index contributed by atoms with van der Waals surface area (Å²) in [5, 5.41) is 0. The standard InChI is InChI=1S/C22H30O3/c1-3-4-5-6-7-8-9-10-11-16-19-20(23)17-14-12-13-15-18(17)21(24)22(19)25-2/h12-15H,3-11,16H2,1-2H3. The Morgan fingerprint density at radius 2 is 1.28 bits per heavy atom. The number of carbonyl (C=O) groups is 2. The van der Waals surface area contributed by atoms with Gasteiger partial charge in [0.15, 0.2) is 11.5 Å². The largest absolute Gasteiger partial charge is 0.492 e. The fraction of sp³-hybridized carbons (Fsp3) is 0.545. The van der Waals surface area contributed by atoms with Crippen LogP contribution >= 0.6 is 0 Å². The summed E-state index contributed by atoms with van der Waals surface area (Å²) in [4.78, 5) is 25.2. The Morgan fingerprint density at radius 3 is 1.84 bits per heavy atom. The van der Waals surface area contributed by atoms with E-state index in [4.69, 9.17) is 4.74 Å². The van der Waals surface area contributed by atoms with Crippen molar-refractivity contribution in [3.8, 4) is 0 Å². The van der Waals surface area contributed by atoms with Crippen LogP contribution in [0.3, 0.4) is 0 Å². The van der Waals surface area contributed by atoms with E-state index in [1.54, 1.807) is 24.3 Å². The van der Waals surface area contributed by atoms with Crippen molar-refractivity contribution in [1.29, 1.82) is 0 Å². The second-order valence-electron chi connectivity index (χ2n) is 6.79. The molecule has 25 heavy (non-hydrogen) atoms. The molecule has 0 N–H and O–H groups in total. The number of ketones is 2. The molecule has 0 atom stereocenters. The minimum Gasteiger partial charge on any atom is -0.492 e. The maximum Gasteiger partial charge on any atom is 0.228 e. The summed E-state index contributed by atoms with van der Waals surface area (Å²) >= 11 is 0. The second kappa shape index (κ2) is 10.2. The number of ether oxygens (including phenoxy) is 1. The number of fused-ring (bicyclic) bond motifs is 1. The van der Waals surface area contributed by atoms with Crippen LogP contribution in [0.2, 0.25) is 0 Å². The van der Waals surface area contributed by atoms with Crippen molar-refractivity contribution < 1.29 is 14.3 Å². The van der Waals surface area contributed by atoms with Crippen molar-refractivity contribution in [2.75, 3.05) is 7.11 Å². The summed E-state index contributed by atoms with van der Waals surface area (Å²) in [7, 11) is 1.48. The molecule has 0 aliphatic heterocycles. The zero-order chi connectivity index (χ0) is 18.1. The highest BCUT2D eigenvalue weighted by molar-refractivity contribution is 6.26. The molecule has 0 amide bonds. The highest BCUT2D eigenvalue weighted by Gasteiger charge is 2.32. The van der Waals surface area contributed by atoms with Crippen LogP contribution in [0.25, 0.3) is 0 Å². The highest BCUT2D eigenvalue weighted by atomic mass is 16.5. The van der Waals surface area contributed by atoms with Crippen molar-refractivity contribution in [3.63, 3.8) is 0 Å². The van der Waals surface area contributed by atoms with Crippen molar-refractivity contribution in [3.05, 3.63) is 46.7 Å². The lowest BCUT2D eigenvalue weighted by molar-refractivity contribution is 0.0902. The first kappa shape index (κ1) is 19.4. The van der Waals surface area contributed by atoms with Crippen LogP contribution in [0.15, 0.2) is 35.6 Å². The van der Waals surface area contributed by atoms with Gasteiger partial charge in [0.2, 0.25) is 5.78 Å². The molecule has 1 aromatic carbocycles. The Bertz CT molecular complexity index is 628. The van der Waals surface area contributed by atoms with Crippen LogP contribution in [0.1, 0.15) is 91.8 Å². The highest BCUT2D eigenvalue weighted by Crippen LogP contribution is 2.29. The summed E-state index contributed by atoms with van der Waals surface area (Å²) in [6, 6.07) is 7.02. The number of rotatable bonds is 11. The molecule has 0 saturated heterocycles. The number of unbranched alkanes of at least 4 members (excludes halogenated alkanes) is 8. The maximum atomic E-state index is 12.7. The summed E-state index contributed by atoms with van der Waals surface area (Å²) in [5.74, 6) is 0.0264. The van der Waals surface area contributed by atoms with Gasteiger partial charge in [0, 0.05) is 16.7 Å². The zero-order valence-corrected chi connectivity index (χ0v) is 15.6. The molecule has 0 fully saturated rings. The van der Waals surface area contributed by atoms with Gasteiger partial charge in [0.25, 0.3) is 0 Å². The number of hydrogen-bond acceptors (Lipinski definition) is 3. The van der Waals surface area contributed by atoms with E-state index in [-0.39, 0.29) is 17.3 Å². The first-order chi connectivity index (χ1) is 12.2. The van der Waals surface area contributed by atoms with Gasteiger partial charge in [-0.3, -0.25) is 9.59 Å². The van der Waals surface area contributed by atoms with Gasteiger partial charge in [-0.15, -0.1) is 0 Å². The topological polar surface area (TPSA) is 43.4 Å². The Kier molecular flexibility index (Phi) is 7.90. The molecule has 2 rings (SSSR count). The van der Waals surface area contributed by atoms with E-state index < -0.39 is 0 Å². The Morgan fingerprint density at radius 1 is 0.760 bits per heavy atom. The van der Waals surface area contributed by atoms with Crippen LogP contribution in [-0.2, 0) is 4.74 Å². The first-order valence-corrected chi connectivity index (χ1v) is 9.66. The van der Waals surface area contributed by atoms with Gasteiger partial charge in [0.05, 0.1) is 7.11 Å². The molecule has 0 heterocycles. The number of methoxy groups -OCH3 is 1. The Labute approximate surface area is 151 Å². The van der Waals surface area contributed by atoms with Gasteiger partial charge >= 0.3 is 0 Å². The molecule has 0 unspecified atom stereocenters. The van der Waals surface area contributed by atoms with Crippen molar-refractivity contribution in [1.82, 2.24) is 0 Å². The van der Waals surface area contributed by atoms with E-state index in [1.807, 2.05) is 0 Å². The Hall–Kier alpha value is -1.90. The van der Waals surface area contributed by atoms with Crippen LogP contribution < -0.4 is 0 Å². The third-order valence-corrected chi connectivity index (χ3v) is 4.91. The predicted molar refractivity (Wildman–Crippen MR) is 101 cm³/mol. The molecule has 0 spiro atoms. The van der Waals surface area contributed by atoms with Crippen LogP contribution in [-0.4, -0.2) is 18.7 Å². The molecule has 0 saturated carbocycles. The molecular weight excluding hydrogens is 312 g/mol. The molecule has 1 aliphatic carbocycles. The summed E-state index contributed by atoms with van der Waals surface area (Å²) in [6.45, 7) is 2.23. The van der Waals surface area contributed by atoms with E-state index >= 15 is 0 Å². The number of allylic oxidation sites excluding steroid dienone is 2. The van der Waals surface area contributed by atoms with Crippen molar-refractivity contribution in [2.45, 2.75) is 71.1 Å². The lowest BCUT2D eigenvalue weighted by atomic mass is 9.86. The quantitative estimate of drug-likeness (QED) is 0.471. The number of Topliss-reactive ketones (excluding diaryl/α,β-unsaturated/α-hetero) is 2. The maximum absolute atomic E-state index is 12.7. The molecule has 136 valence electrons. The van der Waals surface area contributed by atoms with E-state index in [0.717, 1.165) is 12.8 Å². The van der Waals surface area contributed by atoms with E-state index in [2.05, 4.69) is 6.92 Å². The summed E-state index contributed by atoms with van der Waals surface area (Å²) in [6.07, 6.45) is 11.7. The smallest absolute Gasteiger partial charge is 0.228 e. The fourth-order valence-electron chi connectivity index (χ4n) is 3.46. The summed E-state index contributed by atoms with van der Waals surface area (Å²) in [5.41, 5.74) is 1.52. The molecular formula is C22H30O3. The van der Waals surface area contributed by atoms with Gasteiger partial charge in [-0.1, -0.05) is 82.6 Å². The average Bonchev–Trinajstić information content (AvgIpc) is 2.64. The zero-order valence-electron chi connectivity index (χ0n) is 15.6. The molecule has 0 bridgehead atoms. The van der Waals surface area contributed by atoms with Gasteiger partial charge < -0.3 is 4.74 Å². The number of hydrogen-bond donors (Lipinski definition) is 0. The van der Waals surface area contributed by atoms with Gasteiger partial charge in [-0.05, 0) is 12.8 Å². The van der Waals surface area contributed by atoms with Crippen LogP contribution in [0, 0.1) is 0 Å². The lowest BCUT2D eigenvalue weighted by Gasteiger charge is -2.19. The molecule has 3 nitrogen and oxygen atoms in total. The van der Waals surface area contributed by atoms with Gasteiger partial charge in [-0.25, -0.2) is 0 Å². The van der Waals surface area contributed by atoms with Crippen molar-refractivity contribution >= 4 is 11.6 Å². The minimum absolute atomic E-state index is 0.0494. The summed E-state index contributed by atoms with van der Waals surface area (Å²) < 4.78 is 5.29. The normalized spacial score (nSPS) is 14.0. The second-order valence-corrected chi connectivity index (χ2v) is 6.79. The van der Waals surface area contributed by atoms with Crippen LogP contribution in [0.4, 0.5) is 0 Å². The molecule has 3 heteroatoms. The average molecular weight is 342 g/mol. The predicted octanol–water partition coefficient (Wildman–Crippen LogP) is 5.89. The monoisotopic (exact) mass is 342 g/mol. The number of benzene rings is 1. The van der Waals surface area contributed by atoms with Crippen molar-refractivity contribution in [2.24, 2.45) is 0 Å². The molecule has 0 aromatic heterocycles. The third-order valence-electron chi connectivity index (χ3n) is 4.91. The van der Waals surface area contributed by atoms with E-state index in [9.17, 15) is 9.59 Å². The van der Waals surface area contributed by atoms with E-state index in [0.29, 0.717) is 23.1 Å². The molecule has 1 aromatic rings. The number of carbonyl (C=O) groups excluding carboxylic acids is 2. The minimum atomic E-state index is -0.163. The molecule has 0 radical (unpaired) electrons. The van der Waals surface area contributed by atoms with Gasteiger partial charge in [-0.2, -0.15) is 0 Å². The van der Waals surface area contributed by atoms with Crippen LogP contribution in [0.5, 0.6) is 0 Å². The Balaban J connectivity index is 1.84. The lowest BCUT2D eigenvalue weighted by Crippen LogP contribution is -2.23. The third kappa shape index (κ3) is 5.04. The van der Waals surface area contributed by atoms with E-state index in [1.165, 1.54) is 52.1 Å². The fourth-order valence-corrected chi connectivity index (χ4v) is 3.46. The van der Waals surface area contributed by atoms with Gasteiger partial charge in [0.1, 0.15) is 0 Å². The molecule has 1 aliphatic rings. The first-order valence-electron chi connectivity index (χ1n) is 9.66.